The largest absolute Gasteiger partial charge is 2.00 e. The van der Waals surface area contributed by atoms with Crippen LogP contribution in [-0.2, 0) is 30.5 Å². The monoisotopic (exact) mass is 248 g/mol. The van der Waals surface area contributed by atoms with E-state index in [1.165, 1.54) is 0 Å². The third kappa shape index (κ3) is 18.1. The van der Waals surface area contributed by atoms with Gasteiger partial charge in [-0.15, -0.1) is 0 Å². The van der Waals surface area contributed by atoms with E-state index in [1.54, 1.807) is 0 Å². The van der Waals surface area contributed by atoms with Gasteiger partial charge in [-0.3, -0.25) is 8.88 Å². The zero-order valence-corrected chi connectivity index (χ0v) is 8.14. The van der Waals surface area contributed by atoms with Gasteiger partial charge in [-0.1, -0.05) is 0 Å². The Hall–Kier alpha value is 0.739. The molecule has 0 amide bonds. The zero-order chi connectivity index (χ0) is 7.71. The Labute approximate surface area is 72.5 Å². The Morgan fingerprint density at radius 2 is 1.45 bits per heavy atom. The van der Waals surface area contributed by atoms with Crippen LogP contribution in [0.1, 0.15) is 0 Å². The normalized spacial score (nSPS) is 15.6. The zero-order valence-electron chi connectivity index (χ0n) is 5.17. The van der Waals surface area contributed by atoms with Crippen molar-refractivity contribution in [2.45, 2.75) is 0 Å². The summed E-state index contributed by atoms with van der Waals surface area (Å²) < 4.78 is 21.4. The fourth-order valence-corrected chi connectivity index (χ4v) is 1.14. The predicted octanol–water partition coefficient (Wildman–Crippen LogP) is -2.33. The van der Waals surface area contributed by atoms with E-state index < -0.39 is 15.6 Å². The van der Waals surface area contributed by atoms with Crippen LogP contribution in [0, 0.1) is 0 Å². The van der Waals surface area contributed by atoms with E-state index in [0.29, 0.717) is 0 Å². The Morgan fingerprint density at radius 1 is 1.18 bits per heavy atom. The molecule has 0 fully saturated rings. The third-order valence-corrected chi connectivity index (χ3v) is 1.83. The molecular weight excluding hydrogens is 243 g/mol. The SMILES string of the molecule is O=P([O-])([O-])OP(=O)([O-])O.[Mn+2].[NH4+]. The summed E-state index contributed by atoms with van der Waals surface area (Å²) in [5.74, 6) is 0. The number of rotatable bonds is 2. The van der Waals surface area contributed by atoms with Gasteiger partial charge in [0.25, 0.3) is 7.82 Å². The maximum Gasteiger partial charge on any atom is 2.00 e. The third-order valence-electron chi connectivity index (χ3n) is 0.203. The smallest absolute Gasteiger partial charge is 0.790 e. The molecule has 0 aliphatic carbocycles. The summed E-state index contributed by atoms with van der Waals surface area (Å²) in [7, 11) is -11.0. The fraction of sp³-hybridized carbons (Fsp3) is 0. The molecule has 0 aromatic rings. The molecule has 0 aromatic heterocycles. The molecule has 0 bridgehead atoms. The first-order chi connectivity index (χ1) is 3.71. The molecule has 1 radical (unpaired) electrons. The molecule has 5 N–H and O–H groups in total. The molecule has 69 valence electrons. The molecule has 8 nitrogen and oxygen atoms in total. The Bertz CT molecular complexity index is 157. The van der Waals surface area contributed by atoms with Crippen molar-refractivity contribution >= 4 is 15.6 Å². The minimum absolute atomic E-state index is 0. The maximum absolute atomic E-state index is 9.44. The van der Waals surface area contributed by atoms with Crippen LogP contribution in [0.4, 0.5) is 0 Å². The average molecular weight is 248 g/mol. The first-order valence-electron chi connectivity index (χ1n) is 1.48. The Balaban J connectivity index is -0.000000320. The van der Waals surface area contributed by atoms with E-state index in [2.05, 4.69) is 4.31 Å². The van der Waals surface area contributed by atoms with Gasteiger partial charge in [0.15, 0.2) is 0 Å². The van der Waals surface area contributed by atoms with Crippen LogP contribution < -0.4 is 20.8 Å². The van der Waals surface area contributed by atoms with Gasteiger partial charge >= 0.3 is 17.1 Å². The van der Waals surface area contributed by atoms with E-state index in [9.17, 15) is 23.8 Å². The van der Waals surface area contributed by atoms with Crippen molar-refractivity contribution in [2.24, 2.45) is 0 Å². The second-order valence-corrected chi connectivity index (χ2v) is 3.48. The molecule has 0 rings (SSSR count). The van der Waals surface area contributed by atoms with Crippen LogP contribution in [0.2, 0.25) is 0 Å². The molecule has 0 saturated carbocycles. The number of quaternary nitrogens is 1. The van der Waals surface area contributed by atoms with Crippen molar-refractivity contribution in [3.63, 3.8) is 0 Å². The summed E-state index contributed by atoms with van der Waals surface area (Å²) in [5.41, 5.74) is 0. The fourth-order valence-electron chi connectivity index (χ4n) is 0.126. The summed E-state index contributed by atoms with van der Waals surface area (Å²) in [5, 5.41) is 0. The standard InChI is InChI=1S/Mn.H3N.H4O7P2/c;;1-8(2,3)7-9(4,5)6/h;1H3;(H2,1,2,3)(H2,4,5,6)/q+2;;/p-2. The van der Waals surface area contributed by atoms with Crippen LogP contribution in [0.5, 0.6) is 0 Å². The van der Waals surface area contributed by atoms with Gasteiger partial charge in [0.1, 0.15) is 0 Å². The molecule has 1 unspecified atom stereocenters. The molecule has 0 aliphatic rings. The molecule has 0 spiro atoms. The topological polar surface area (TPSA) is 169 Å². The van der Waals surface area contributed by atoms with Gasteiger partial charge in [0, 0.05) is 0 Å². The van der Waals surface area contributed by atoms with Crippen LogP contribution in [0.15, 0.2) is 0 Å². The van der Waals surface area contributed by atoms with Gasteiger partial charge in [-0.2, -0.15) is 0 Å². The second kappa shape index (κ2) is 5.40. The van der Waals surface area contributed by atoms with E-state index in [4.69, 9.17) is 4.89 Å². The molecule has 0 aromatic carbocycles. The van der Waals surface area contributed by atoms with Gasteiger partial charge in [-0.25, -0.2) is 0 Å². The summed E-state index contributed by atoms with van der Waals surface area (Å²) >= 11 is 0. The van der Waals surface area contributed by atoms with Gasteiger partial charge < -0.3 is 30.3 Å². The summed E-state index contributed by atoms with van der Waals surface area (Å²) in [4.78, 5) is 35.7. The van der Waals surface area contributed by atoms with Crippen LogP contribution in [0.3, 0.4) is 0 Å². The maximum atomic E-state index is 9.44. The first kappa shape index (κ1) is 17.7. The van der Waals surface area contributed by atoms with E-state index in [1.807, 2.05) is 0 Å². The Morgan fingerprint density at radius 3 is 1.45 bits per heavy atom. The first-order valence-corrected chi connectivity index (χ1v) is 4.43. The van der Waals surface area contributed by atoms with Crippen molar-refractivity contribution < 1.29 is 50.1 Å². The van der Waals surface area contributed by atoms with Gasteiger partial charge in [0.05, 0.1) is 7.82 Å². The van der Waals surface area contributed by atoms with Crippen molar-refractivity contribution in [1.82, 2.24) is 6.15 Å². The molecule has 0 saturated heterocycles. The van der Waals surface area contributed by atoms with Crippen LogP contribution in [-0.4, -0.2) is 4.89 Å². The quantitative estimate of drug-likeness (QED) is 0.407. The van der Waals surface area contributed by atoms with Crippen LogP contribution >= 0.6 is 15.6 Å². The molecule has 0 aliphatic heterocycles. The second-order valence-electron chi connectivity index (χ2n) is 0.997. The molecular formula is H5MnNO7P2. The van der Waals surface area contributed by atoms with Crippen LogP contribution in [0.25, 0.3) is 0 Å². The Kier molecular flexibility index (Phi) is 8.70. The molecule has 11 heavy (non-hydrogen) atoms. The van der Waals surface area contributed by atoms with Gasteiger partial charge in [0.2, 0.25) is 0 Å². The van der Waals surface area contributed by atoms with E-state index in [0.717, 1.165) is 0 Å². The van der Waals surface area contributed by atoms with Gasteiger partial charge in [-0.05, 0) is 0 Å². The van der Waals surface area contributed by atoms with Crippen molar-refractivity contribution in [3.8, 4) is 0 Å². The number of hydrogen-bond acceptors (Lipinski definition) is 6. The average Bonchev–Trinajstić information content (AvgIpc) is 1.14. The summed E-state index contributed by atoms with van der Waals surface area (Å²) in [6.45, 7) is 0. The van der Waals surface area contributed by atoms with Crippen molar-refractivity contribution in [3.05, 3.63) is 0 Å². The number of phosphoric acid groups is 2. The minimum Gasteiger partial charge on any atom is -0.790 e. The molecule has 0 heterocycles. The summed E-state index contributed by atoms with van der Waals surface area (Å²) in [6.07, 6.45) is 0. The van der Waals surface area contributed by atoms with Crippen molar-refractivity contribution in [2.75, 3.05) is 0 Å². The number of hydrogen-bond donors (Lipinski definition) is 2. The van der Waals surface area contributed by atoms with E-state index in [-0.39, 0.29) is 23.2 Å². The predicted molar refractivity (Wildman–Crippen MR) is 24.5 cm³/mol. The molecule has 11 heteroatoms. The van der Waals surface area contributed by atoms with E-state index >= 15 is 0 Å². The minimum atomic E-state index is -5.61. The van der Waals surface area contributed by atoms with Crippen molar-refractivity contribution in [1.29, 1.82) is 0 Å². The molecule has 1 atom stereocenters. The summed E-state index contributed by atoms with van der Waals surface area (Å²) in [6, 6.07) is 0.